The second kappa shape index (κ2) is 7.46. The fourth-order valence-electron chi connectivity index (χ4n) is 3.27. The number of para-hydroxylation sites is 1. The summed E-state index contributed by atoms with van der Waals surface area (Å²) >= 11 is 5.35. The van der Waals surface area contributed by atoms with Gasteiger partial charge in [0.2, 0.25) is 0 Å². The van der Waals surface area contributed by atoms with Gasteiger partial charge in [0.1, 0.15) is 0 Å². The lowest BCUT2D eigenvalue weighted by atomic mass is 10.1. The molecule has 4 rings (SSSR count). The molecule has 3 aromatic rings. The number of aromatic amines is 1. The van der Waals surface area contributed by atoms with Gasteiger partial charge < -0.3 is 15.0 Å². The van der Waals surface area contributed by atoms with E-state index in [2.05, 4.69) is 10.3 Å². The minimum Gasteiger partial charge on any atom is -0.376 e. The summed E-state index contributed by atoms with van der Waals surface area (Å²) in [4.78, 5) is 28.2. The van der Waals surface area contributed by atoms with Crippen LogP contribution in [-0.4, -0.2) is 34.7 Å². The number of ether oxygens (including phenoxy) is 1. The van der Waals surface area contributed by atoms with Gasteiger partial charge in [0.05, 0.1) is 22.7 Å². The molecular weight excluding hydrogens is 362 g/mol. The van der Waals surface area contributed by atoms with Gasteiger partial charge in [0, 0.05) is 18.7 Å². The van der Waals surface area contributed by atoms with Crippen LogP contribution in [-0.2, 0) is 4.74 Å². The van der Waals surface area contributed by atoms with E-state index in [1.54, 1.807) is 30.3 Å². The molecule has 0 saturated carbocycles. The topological polar surface area (TPSA) is 76.1 Å². The van der Waals surface area contributed by atoms with E-state index in [4.69, 9.17) is 17.0 Å². The highest BCUT2D eigenvalue weighted by Crippen LogP contribution is 2.13. The number of carbonyl (C=O) groups is 1. The van der Waals surface area contributed by atoms with Gasteiger partial charge in [0.15, 0.2) is 4.77 Å². The number of H-pyrrole nitrogens is 1. The largest absolute Gasteiger partial charge is 0.376 e. The smallest absolute Gasteiger partial charge is 0.266 e. The molecule has 2 aromatic carbocycles. The number of rotatable bonds is 4. The average Bonchev–Trinajstić information content (AvgIpc) is 3.20. The van der Waals surface area contributed by atoms with E-state index in [1.807, 2.05) is 18.2 Å². The zero-order valence-corrected chi connectivity index (χ0v) is 15.4. The summed E-state index contributed by atoms with van der Waals surface area (Å²) in [5, 5.41) is 3.45. The number of fused-ring (bicyclic) bond motifs is 1. The summed E-state index contributed by atoms with van der Waals surface area (Å²) in [5.41, 5.74) is 1.65. The Balaban J connectivity index is 1.59. The maximum Gasteiger partial charge on any atom is 0.266 e. The molecule has 0 bridgehead atoms. The lowest BCUT2D eigenvalue weighted by molar-refractivity contribution is 0.0858. The van der Waals surface area contributed by atoms with Gasteiger partial charge in [-0.15, -0.1) is 0 Å². The van der Waals surface area contributed by atoms with Crippen molar-refractivity contribution in [3.8, 4) is 5.69 Å². The summed E-state index contributed by atoms with van der Waals surface area (Å²) in [6.45, 7) is 1.27. The Hall–Kier alpha value is -2.77. The van der Waals surface area contributed by atoms with Crippen LogP contribution in [0.1, 0.15) is 23.2 Å². The van der Waals surface area contributed by atoms with E-state index < -0.39 is 0 Å². The molecular formula is C20H19N3O3S. The van der Waals surface area contributed by atoms with Crippen LogP contribution in [0.3, 0.4) is 0 Å². The molecule has 0 aliphatic carbocycles. The Morgan fingerprint density at radius 2 is 2.00 bits per heavy atom. The second-order valence-electron chi connectivity index (χ2n) is 6.51. The highest BCUT2D eigenvalue weighted by atomic mass is 32.1. The second-order valence-corrected chi connectivity index (χ2v) is 6.89. The zero-order valence-electron chi connectivity index (χ0n) is 14.6. The number of nitrogens with one attached hydrogen (secondary N) is 2. The molecule has 1 atom stereocenters. The monoisotopic (exact) mass is 381 g/mol. The molecule has 1 aliphatic rings. The average molecular weight is 381 g/mol. The van der Waals surface area contributed by atoms with Crippen LogP contribution in [0.15, 0.2) is 53.3 Å². The van der Waals surface area contributed by atoms with E-state index in [9.17, 15) is 9.59 Å². The summed E-state index contributed by atoms with van der Waals surface area (Å²) in [5.74, 6) is -0.159. The first kappa shape index (κ1) is 17.6. The molecule has 0 spiro atoms. The summed E-state index contributed by atoms with van der Waals surface area (Å²) in [7, 11) is 0. The quantitative estimate of drug-likeness (QED) is 0.682. The third-order valence-electron chi connectivity index (χ3n) is 4.71. The van der Waals surface area contributed by atoms with E-state index in [-0.39, 0.29) is 17.6 Å². The van der Waals surface area contributed by atoms with Crippen molar-refractivity contribution in [1.29, 1.82) is 0 Å². The fraction of sp³-hybridized carbons (Fsp3) is 0.250. The van der Waals surface area contributed by atoms with Crippen molar-refractivity contribution in [2.75, 3.05) is 13.2 Å². The fourth-order valence-corrected chi connectivity index (χ4v) is 3.57. The highest BCUT2D eigenvalue weighted by Gasteiger charge is 2.16. The van der Waals surface area contributed by atoms with Crippen LogP contribution >= 0.6 is 12.2 Å². The molecule has 1 saturated heterocycles. The van der Waals surface area contributed by atoms with Crippen LogP contribution in [0.25, 0.3) is 16.6 Å². The number of benzene rings is 2. The van der Waals surface area contributed by atoms with Gasteiger partial charge in [-0.3, -0.25) is 14.2 Å². The predicted octanol–water partition coefficient (Wildman–Crippen LogP) is 2.96. The molecule has 0 radical (unpaired) electrons. The maximum absolute atomic E-state index is 12.8. The number of carbonyl (C=O) groups excluding carboxylic acids is 1. The van der Waals surface area contributed by atoms with Crippen molar-refractivity contribution in [3.63, 3.8) is 0 Å². The molecule has 27 heavy (non-hydrogen) atoms. The lowest BCUT2D eigenvalue weighted by Crippen LogP contribution is -2.31. The van der Waals surface area contributed by atoms with Crippen LogP contribution < -0.4 is 10.9 Å². The Morgan fingerprint density at radius 3 is 2.74 bits per heavy atom. The van der Waals surface area contributed by atoms with Gasteiger partial charge in [-0.25, -0.2) is 0 Å². The van der Waals surface area contributed by atoms with Crippen LogP contribution in [0.5, 0.6) is 0 Å². The van der Waals surface area contributed by atoms with Gasteiger partial charge in [-0.2, -0.15) is 0 Å². The molecule has 0 unspecified atom stereocenters. The minimum absolute atomic E-state index is 0.0997. The van der Waals surface area contributed by atoms with E-state index >= 15 is 0 Å². The third kappa shape index (κ3) is 3.56. The number of hydrogen-bond acceptors (Lipinski definition) is 4. The summed E-state index contributed by atoms with van der Waals surface area (Å²) in [6, 6.07) is 14.1. The number of hydrogen-bond donors (Lipinski definition) is 2. The molecule has 1 aromatic heterocycles. The van der Waals surface area contributed by atoms with Crippen molar-refractivity contribution < 1.29 is 9.53 Å². The van der Waals surface area contributed by atoms with Gasteiger partial charge in [-0.05, 0) is 61.5 Å². The van der Waals surface area contributed by atoms with Crippen molar-refractivity contribution in [2.24, 2.45) is 0 Å². The molecule has 2 heterocycles. The van der Waals surface area contributed by atoms with Gasteiger partial charge in [-0.1, -0.05) is 12.1 Å². The molecule has 6 nitrogen and oxygen atoms in total. The minimum atomic E-state index is -0.190. The molecule has 1 amide bonds. The summed E-state index contributed by atoms with van der Waals surface area (Å²) < 4.78 is 7.26. The normalized spacial score (nSPS) is 16.5. The molecule has 1 fully saturated rings. The van der Waals surface area contributed by atoms with Gasteiger partial charge >= 0.3 is 0 Å². The predicted molar refractivity (Wildman–Crippen MR) is 106 cm³/mol. The Bertz CT molecular complexity index is 1100. The number of amides is 1. The van der Waals surface area contributed by atoms with E-state index in [0.29, 0.717) is 33.5 Å². The summed E-state index contributed by atoms with van der Waals surface area (Å²) in [6.07, 6.45) is 2.11. The maximum atomic E-state index is 12.8. The SMILES string of the molecule is O=C(NC[C@H]1CCCO1)c1ccc(-n2c(=S)[nH]c3ccccc3c2=O)cc1. The van der Waals surface area contributed by atoms with E-state index in [1.165, 1.54) is 4.57 Å². The first-order valence-corrected chi connectivity index (χ1v) is 9.28. The van der Waals surface area contributed by atoms with Crippen molar-refractivity contribution >= 4 is 29.0 Å². The Morgan fingerprint density at radius 1 is 1.22 bits per heavy atom. The lowest BCUT2D eigenvalue weighted by Gasteiger charge is -2.12. The first-order chi connectivity index (χ1) is 13.1. The van der Waals surface area contributed by atoms with Crippen molar-refractivity contribution in [2.45, 2.75) is 18.9 Å². The van der Waals surface area contributed by atoms with Crippen LogP contribution in [0.4, 0.5) is 0 Å². The van der Waals surface area contributed by atoms with Crippen LogP contribution in [0.2, 0.25) is 0 Å². The first-order valence-electron chi connectivity index (χ1n) is 8.88. The van der Waals surface area contributed by atoms with Crippen LogP contribution in [0, 0.1) is 4.77 Å². The zero-order chi connectivity index (χ0) is 18.8. The third-order valence-corrected chi connectivity index (χ3v) is 4.99. The Kier molecular flexibility index (Phi) is 4.87. The molecule has 2 N–H and O–H groups in total. The molecule has 1 aliphatic heterocycles. The highest BCUT2D eigenvalue weighted by molar-refractivity contribution is 7.71. The number of aromatic nitrogens is 2. The van der Waals surface area contributed by atoms with Crippen molar-refractivity contribution in [3.05, 3.63) is 69.2 Å². The molecule has 7 heteroatoms. The molecule has 138 valence electrons. The van der Waals surface area contributed by atoms with E-state index in [0.717, 1.165) is 19.4 Å². The Labute approximate surface area is 160 Å². The number of nitrogens with zero attached hydrogens (tertiary/aromatic N) is 1. The standard InChI is InChI=1S/C20H19N3O3S/c24-18(21-12-15-4-3-11-26-15)13-7-9-14(10-8-13)23-19(25)16-5-1-2-6-17(16)22-20(23)27/h1-2,5-10,15H,3-4,11-12H2,(H,21,24)(H,22,27)/t15-/m1/s1. The van der Waals surface area contributed by atoms with Crippen molar-refractivity contribution in [1.82, 2.24) is 14.9 Å². The van der Waals surface area contributed by atoms with Gasteiger partial charge in [0.25, 0.3) is 11.5 Å².